The van der Waals surface area contributed by atoms with Crippen LogP contribution in [-0.2, 0) is 21.4 Å². The van der Waals surface area contributed by atoms with E-state index in [1.165, 1.54) is 66.7 Å². The second kappa shape index (κ2) is 12.6. The van der Waals surface area contributed by atoms with Crippen LogP contribution in [0.1, 0.15) is 54.7 Å². The fraction of sp³-hybridized carbons (Fsp3) is 0.267. The number of amidine groups is 1. The number of carbonyl (C=O) groups excluding carboxylic acids is 1. The molecule has 3 aromatic rings. The fourth-order valence-corrected chi connectivity index (χ4v) is 6.12. The summed E-state index contributed by atoms with van der Waals surface area (Å²) in [6.45, 7) is 0.456. The number of halogens is 3. The molecule has 1 aliphatic heterocycles. The standard InChI is InChI=1S/C30H28F3N3O4S2/c31-30(32,33)42(38,39)36-25-14-12-24(13-15-25)34-29-35-28(37)27(41-29)18-20-8-16-26(17-9-20)40-19-21-6-10-23(11-7-21)22-4-2-1-3-5-22/h6-18,22,36H,1-5,19H2,(H,34,35,37)/b27-18-. The number of sulfonamides is 1. The predicted molar refractivity (Wildman–Crippen MR) is 160 cm³/mol. The van der Waals surface area contributed by atoms with Gasteiger partial charge in [-0.1, -0.05) is 55.7 Å². The van der Waals surface area contributed by atoms with Crippen molar-refractivity contribution in [3.63, 3.8) is 0 Å². The summed E-state index contributed by atoms with van der Waals surface area (Å²) in [5, 5.41) is 3.18. The normalized spacial score (nSPS) is 17.3. The van der Waals surface area contributed by atoms with Crippen LogP contribution in [0.15, 0.2) is 82.7 Å². The molecule has 0 saturated heterocycles. The van der Waals surface area contributed by atoms with E-state index in [0.29, 0.717) is 28.9 Å². The number of thioether (sulfide) groups is 1. The van der Waals surface area contributed by atoms with Crippen LogP contribution in [0.5, 0.6) is 5.75 Å². The number of nitrogens with one attached hydrogen (secondary N) is 2. The van der Waals surface area contributed by atoms with Crippen LogP contribution in [0.2, 0.25) is 0 Å². The first-order valence-electron chi connectivity index (χ1n) is 13.4. The summed E-state index contributed by atoms with van der Waals surface area (Å²) in [4.78, 5) is 16.8. The summed E-state index contributed by atoms with van der Waals surface area (Å²) >= 11 is 1.11. The van der Waals surface area contributed by atoms with E-state index in [2.05, 4.69) is 34.6 Å². The number of aliphatic imine (C=N–C) groups is 1. The summed E-state index contributed by atoms with van der Waals surface area (Å²) in [5.41, 5.74) is -1.97. The van der Waals surface area contributed by atoms with Crippen molar-refractivity contribution in [1.82, 2.24) is 0 Å². The first kappa shape index (κ1) is 29.7. The van der Waals surface area contributed by atoms with E-state index in [0.717, 1.165) is 22.9 Å². The zero-order valence-electron chi connectivity index (χ0n) is 22.4. The third-order valence-electron chi connectivity index (χ3n) is 6.95. The lowest BCUT2D eigenvalue weighted by Gasteiger charge is -2.22. The molecular weight excluding hydrogens is 587 g/mol. The van der Waals surface area contributed by atoms with Gasteiger partial charge in [-0.25, -0.2) is 0 Å². The van der Waals surface area contributed by atoms with E-state index in [1.807, 2.05) is 24.3 Å². The van der Waals surface area contributed by atoms with Crippen molar-refractivity contribution in [1.29, 1.82) is 0 Å². The van der Waals surface area contributed by atoms with Crippen LogP contribution in [0, 0.1) is 0 Å². The van der Waals surface area contributed by atoms with Gasteiger partial charge in [-0.05, 0) is 89.7 Å². The Bertz CT molecular complexity index is 1580. The highest BCUT2D eigenvalue weighted by Gasteiger charge is 2.46. The zero-order chi connectivity index (χ0) is 29.7. The Balaban J connectivity index is 1.12. The third-order valence-corrected chi connectivity index (χ3v) is 8.97. The number of carbonyl (C=O) groups is 1. The second-order valence-corrected chi connectivity index (χ2v) is 12.7. The predicted octanol–water partition coefficient (Wildman–Crippen LogP) is 7.66. The number of ether oxygens (including phenoxy) is 1. The minimum absolute atomic E-state index is 0.254. The largest absolute Gasteiger partial charge is 0.516 e. The molecule has 2 aliphatic rings. The summed E-state index contributed by atoms with van der Waals surface area (Å²) in [6.07, 6.45) is 8.20. The monoisotopic (exact) mass is 615 g/mol. The maximum absolute atomic E-state index is 12.6. The molecule has 0 bridgehead atoms. The molecular formula is C30H28F3N3O4S2. The summed E-state index contributed by atoms with van der Waals surface area (Å²) in [6, 6.07) is 21.1. The van der Waals surface area contributed by atoms with Gasteiger partial charge in [-0.15, -0.1) is 0 Å². The summed E-state index contributed by atoms with van der Waals surface area (Å²) in [5.74, 6) is 0.942. The fourth-order valence-electron chi connectivity index (χ4n) is 4.72. The lowest BCUT2D eigenvalue weighted by Crippen LogP contribution is -2.29. The molecule has 0 unspecified atom stereocenters. The second-order valence-electron chi connectivity index (χ2n) is 10.0. The minimum Gasteiger partial charge on any atom is -0.489 e. The molecule has 3 aromatic carbocycles. The summed E-state index contributed by atoms with van der Waals surface area (Å²) < 4.78 is 67.6. The Morgan fingerprint density at radius 2 is 1.55 bits per heavy atom. The number of amides is 1. The maximum Gasteiger partial charge on any atom is 0.516 e. The van der Waals surface area contributed by atoms with E-state index >= 15 is 0 Å². The van der Waals surface area contributed by atoms with Crippen molar-refractivity contribution in [3.8, 4) is 5.75 Å². The van der Waals surface area contributed by atoms with Crippen LogP contribution >= 0.6 is 11.8 Å². The Morgan fingerprint density at radius 3 is 2.19 bits per heavy atom. The topological polar surface area (TPSA) is 96.9 Å². The van der Waals surface area contributed by atoms with Crippen LogP contribution in [0.4, 0.5) is 24.5 Å². The number of rotatable bonds is 8. The number of benzene rings is 3. The highest BCUT2D eigenvalue weighted by molar-refractivity contribution is 8.18. The quantitative estimate of drug-likeness (QED) is 0.253. The maximum atomic E-state index is 12.6. The van der Waals surface area contributed by atoms with E-state index in [9.17, 15) is 26.4 Å². The number of nitrogens with zero attached hydrogens (tertiary/aromatic N) is 1. The van der Waals surface area contributed by atoms with Gasteiger partial charge in [0.05, 0.1) is 4.91 Å². The average Bonchev–Trinajstić information content (AvgIpc) is 3.31. The zero-order valence-corrected chi connectivity index (χ0v) is 24.0. The molecule has 7 nitrogen and oxygen atoms in total. The minimum atomic E-state index is -5.51. The molecule has 0 radical (unpaired) electrons. The Morgan fingerprint density at radius 1 is 0.905 bits per heavy atom. The Hall–Kier alpha value is -3.77. The van der Waals surface area contributed by atoms with Crippen molar-refractivity contribution in [2.75, 3.05) is 10.0 Å². The third kappa shape index (κ3) is 7.54. The van der Waals surface area contributed by atoms with Crippen molar-refractivity contribution in [3.05, 3.63) is 94.4 Å². The number of hydrogen-bond donors (Lipinski definition) is 2. The van der Waals surface area contributed by atoms with Crippen LogP contribution < -0.4 is 14.8 Å². The number of hydrogen-bond acceptors (Lipinski definition) is 6. The van der Waals surface area contributed by atoms with Crippen molar-refractivity contribution < 1.29 is 31.1 Å². The smallest absolute Gasteiger partial charge is 0.489 e. The van der Waals surface area contributed by atoms with Gasteiger partial charge in [-0.3, -0.25) is 9.52 Å². The Kier molecular flexibility index (Phi) is 8.93. The molecule has 0 spiro atoms. The van der Waals surface area contributed by atoms with E-state index < -0.39 is 21.4 Å². The van der Waals surface area contributed by atoms with E-state index in [4.69, 9.17) is 4.74 Å². The molecule has 0 aromatic heterocycles. The lowest BCUT2D eigenvalue weighted by atomic mass is 9.84. The van der Waals surface area contributed by atoms with Crippen LogP contribution in [-0.4, -0.2) is 25.0 Å². The van der Waals surface area contributed by atoms with Gasteiger partial charge in [0.15, 0.2) is 5.17 Å². The SMILES string of the molecule is O=C1N=C(Nc2ccc(NS(=O)(=O)C(F)(F)F)cc2)S/C1=C\c1ccc(OCc2ccc(C3CCCCC3)cc2)cc1. The molecule has 42 heavy (non-hydrogen) atoms. The van der Waals surface area contributed by atoms with Crippen molar-refractivity contribution in [2.45, 2.75) is 50.1 Å². The van der Waals surface area contributed by atoms with E-state index in [1.54, 1.807) is 6.08 Å². The first-order chi connectivity index (χ1) is 20.1. The molecule has 1 aliphatic carbocycles. The van der Waals surface area contributed by atoms with Gasteiger partial charge >= 0.3 is 15.5 Å². The first-order valence-corrected chi connectivity index (χ1v) is 15.7. The molecule has 220 valence electrons. The van der Waals surface area contributed by atoms with Crippen molar-refractivity contribution in [2.24, 2.45) is 4.99 Å². The average molecular weight is 616 g/mol. The number of alkyl halides is 3. The van der Waals surface area contributed by atoms with Gasteiger partial charge in [0.2, 0.25) is 0 Å². The highest BCUT2D eigenvalue weighted by atomic mass is 32.2. The molecule has 1 fully saturated rings. The molecule has 1 heterocycles. The molecule has 2 N–H and O–H groups in total. The van der Waals surface area contributed by atoms with Gasteiger partial charge < -0.3 is 10.1 Å². The molecule has 1 amide bonds. The highest BCUT2D eigenvalue weighted by Crippen LogP contribution is 2.33. The molecule has 1 saturated carbocycles. The van der Waals surface area contributed by atoms with Crippen molar-refractivity contribution >= 4 is 50.3 Å². The van der Waals surface area contributed by atoms with E-state index in [-0.39, 0.29) is 10.9 Å². The van der Waals surface area contributed by atoms with Gasteiger partial charge in [0.1, 0.15) is 12.4 Å². The van der Waals surface area contributed by atoms with Gasteiger partial charge in [-0.2, -0.15) is 26.6 Å². The van der Waals surface area contributed by atoms with Crippen LogP contribution in [0.3, 0.4) is 0 Å². The molecule has 0 atom stereocenters. The summed E-state index contributed by atoms with van der Waals surface area (Å²) in [7, 11) is -5.51. The van der Waals surface area contributed by atoms with Crippen LogP contribution in [0.25, 0.3) is 6.08 Å². The lowest BCUT2D eigenvalue weighted by molar-refractivity contribution is -0.113. The number of anilines is 2. The van der Waals surface area contributed by atoms with Gasteiger partial charge in [0.25, 0.3) is 5.91 Å². The van der Waals surface area contributed by atoms with Gasteiger partial charge in [0, 0.05) is 11.4 Å². The molecule has 5 rings (SSSR count). The Labute approximate surface area is 246 Å². The molecule has 12 heteroatoms.